The van der Waals surface area contributed by atoms with Gasteiger partial charge in [0.05, 0.1) is 19.3 Å². The number of hydrogen-bond acceptors (Lipinski definition) is 4. The van der Waals surface area contributed by atoms with Gasteiger partial charge in [-0.05, 0) is 67.9 Å². The number of aryl methyl sites for hydroxylation is 1. The number of hydrogen-bond donors (Lipinski definition) is 0. The topological polar surface area (TPSA) is 67.7 Å². The van der Waals surface area contributed by atoms with Gasteiger partial charge in [0.1, 0.15) is 11.6 Å². The van der Waals surface area contributed by atoms with Gasteiger partial charge in [0.25, 0.3) is 0 Å². The maximum atomic E-state index is 15.9. The molecule has 3 heterocycles. The van der Waals surface area contributed by atoms with Crippen LogP contribution in [0.3, 0.4) is 0 Å². The minimum Gasteiger partial charge on any atom is -0.497 e. The number of halogens is 1. The van der Waals surface area contributed by atoms with Crippen molar-refractivity contribution in [1.82, 2.24) is 14.7 Å². The lowest BCUT2D eigenvalue weighted by molar-refractivity contribution is -0.130. The highest BCUT2D eigenvalue weighted by Crippen LogP contribution is 2.37. The highest BCUT2D eigenvalue weighted by Gasteiger charge is 2.27. The molecule has 2 aliphatic heterocycles. The fourth-order valence-electron chi connectivity index (χ4n) is 5.65. The minimum absolute atomic E-state index is 0.00784. The molecule has 0 saturated carbocycles. The van der Waals surface area contributed by atoms with Crippen LogP contribution in [0.1, 0.15) is 49.4 Å². The summed E-state index contributed by atoms with van der Waals surface area (Å²) >= 11 is 0. The summed E-state index contributed by atoms with van der Waals surface area (Å²) in [5.41, 5.74) is 4.54. The van der Waals surface area contributed by atoms with E-state index in [1.165, 1.54) is 0 Å². The predicted octanol–water partition coefficient (Wildman–Crippen LogP) is 4.85. The van der Waals surface area contributed by atoms with Crippen molar-refractivity contribution < 1.29 is 18.7 Å². The molecule has 5 rings (SSSR count). The zero-order valence-corrected chi connectivity index (χ0v) is 22.4. The number of fused-ring (bicyclic) bond motifs is 1. The van der Waals surface area contributed by atoms with E-state index in [0.29, 0.717) is 42.1 Å². The van der Waals surface area contributed by atoms with Crippen LogP contribution in [0.5, 0.6) is 5.75 Å². The van der Waals surface area contributed by atoms with Gasteiger partial charge in [-0.2, -0.15) is 5.10 Å². The number of likely N-dealkylation sites (tertiary alicyclic amines) is 1. The van der Waals surface area contributed by atoms with Crippen molar-refractivity contribution in [3.8, 4) is 16.9 Å². The molecule has 0 unspecified atom stereocenters. The molecule has 2 aliphatic rings. The summed E-state index contributed by atoms with van der Waals surface area (Å²) in [5, 5.41) is 4.92. The lowest BCUT2D eigenvalue weighted by Crippen LogP contribution is -2.37. The molecule has 0 radical (unpaired) electrons. The van der Waals surface area contributed by atoms with E-state index >= 15 is 4.39 Å². The van der Waals surface area contributed by atoms with Gasteiger partial charge in [-0.3, -0.25) is 14.3 Å². The monoisotopic (exact) mass is 518 g/mol. The maximum absolute atomic E-state index is 15.9. The SMILES string of the molecule is COc1ccc(Cn2cc(-c3ccc4c(c3F)CCC(=O)N4C)c(CCC3CCN(C(C)=O)CC3)n2)cc1. The fourth-order valence-corrected chi connectivity index (χ4v) is 5.65. The molecule has 1 saturated heterocycles. The summed E-state index contributed by atoms with van der Waals surface area (Å²) in [7, 11) is 3.35. The van der Waals surface area contributed by atoms with Gasteiger partial charge in [0.15, 0.2) is 0 Å². The van der Waals surface area contributed by atoms with Gasteiger partial charge in [-0.25, -0.2) is 4.39 Å². The summed E-state index contributed by atoms with van der Waals surface area (Å²) in [5.74, 6) is 1.19. The summed E-state index contributed by atoms with van der Waals surface area (Å²) in [6.07, 6.45) is 6.31. The van der Waals surface area contributed by atoms with Crippen molar-refractivity contribution in [1.29, 1.82) is 0 Å². The van der Waals surface area contributed by atoms with Gasteiger partial charge >= 0.3 is 0 Å². The predicted molar refractivity (Wildman–Crippen MR) is 145 cm³/mol. The zero-order valence-electron chi connectivity index (χ0n) is 22.4. The van der Waals surface area contributed by atoms with Crippen LogP contribution < -0.4 is 9.64 Å². The van der Waals surface area contributed by atoms with Gasteiger partial charge in [0.2, 0.25) is 11.8 Å². The second-order valence-corrected chi connectivity index (χ2v) is 10.4. The third kappa shape index (κ3) is 5.30. The van der Waals surface area contributed by atoms with Crippen molar-refractivity contribution in [2.45, 2.75) is 52.0 Å². The average Bonchev–Trinajstić information content (AvgIpc) is 3.32. The number of anilines is 1. The molecule has 2 amide bonds. The van der Waals surface area contributed by atoms with Gasteiger partial charge in [-0.1, -0.05) is 12.1 Å². The summed E-state index contributed by atoms with van der Waals surface area (Å²) in [4.78, 5) is 27.3. The van der Waals surface area contributed by atoms with E-state index in [0.717, 1.165) is 61.3 Å². The number of nitrogens with zero attached hydrogens (tertiary/aromatic N) is 4. The van der Waals surface area contributed by atoms with Crippen LogP contribution in [0.2, 0.25) is 0 Å². The molecule has 1 aromatic heterocycles. The van der Waals surface area contributed by atoms with E-state index < -0.39 is 0 Å². The molecule has 3 aromatic rings. The summed E-state index contributed by atoms with van der Waals surface area (Å²) < 4.78 is 23.1. The molecule has 0 bridgehead atoms. The Labute approximate surface area is 223 Å². The number of rotatable bonds is 7. The Hall–Kier alpha value is -3.68. The number of carbonyl (C=O) groups is 2. The molecule has 0 N–H and O–H groups in total. The second-order valence-electron chi connectivity index (χ2n) is 10.4. The summed E-state index contributed by atoms with van der Waals surface area (Å²) in [6.45, 7) is 3.79. The molecular formula is C30H35FN4O3. The first-order valence-electron chi connectivity index (χ1n) is 13.4. The van der Waals surface area contributed by atoms with Crippen LogP contribution in [-0.4, -0.2) is 53.7 Å². The van der Waals surface area contributed by atoms with Crippen LogP contribution >= 0.6 is 0 Å². The highest BCUT2D eigenvalue weighted by atomic mass is 19.1. The van der Waals surface area contributed by atoms with Crippen LogP contribution in [0.25, 0.3) is 11.1 Å². The van der Waals surface area contributed by atoms with Crippen LogP contribution in [0, 0.1) is 11.7 Å². The van der Waals surface area contributed by atoms with Crippen LogP contribution in [0.15, 0.2) is 42.6 Å². The van der Waals surface area contributed by atoms with Gasteiger partial charge in [0, 0.05) is 62.1 Å². The first-order valence-corrected chi connectivity index (χ1v) is 13.4. The van der Waals surface area contributed by atoms with Crippen molar-refractivity contribution in [2.75, 3.05) is 32.1 Å². The second kappa shape index (κ2) is 11.0. The molecule has 8 heteroatoms. The molecule has 38 heavy (non-hydrogen) atoms. The fraction of sp³-hybridized carbons (Fsp3) is 0.433. The maximum Gasteiger partial charge on any atom is 0.227 e. The Morgan fingerprint density at radius 2 is 1.82 bits per heavy atom. The smallest absolute Gasteiger partial charge is 0.227 e. The number of methoxy groups -OCH3 is 1. The average molecular weight is 519 g/mol. The standard InChI is InChI=1S/C30H35FN4O3/c1-20(36)34-16-14-21(15-17-34)6-11-27-26(19-35(32-27)18-22-4-7-23(38-3)8-5-22)24-9-12-28-25(30(24)31)10-13-29(37)33(28)2/h4-5,7-9,12,19,21H,6,10-11,13-18H2,1-3H3. The van der Waals surface area contributed by atoms with Crippen molar-refractivity contribution in [2.24, 2.45) is 5.92 Å². The minimum atomic E-state index is -0.262. The third-order valence-corrected chi connectivity index (χ3v) is 8.02. The molecule has 0 aliphatic carbocycles. The Morgan fingerprint density at radius 1 is 1.08 bits per heavy atom. The molecule has 0 spiro atoms. The van der Waals surface area contributed by atoms with Crippen LogP contribution in [-0.2, 0) is 29.0 Å². The number of ether oxygens (including phenoxy) is 1. The first kappa shape index (κ1) is 25.9. The number of benzene rings is 2. The van der Waals surface area contributed by atoms with Gasteiger partial charge in [-0.15, -0.1) is 0 Å². The van der Waals surface area contributed by atoms with E-state index in [4.69, 9.17) is 9.84 Å². The third-order valence-electron chi connectivity index (χ3n) is 8.02. The molecule has 2 aromatic carbocycles. The number of aromatic nitrogens is 2. The quantitative estimate of drug-likeness (QED) is 0.449. The van der Waals surface area contributed by atoms with E-state index in [2.05, 4.69) is 0 Å². The van der Waals surface area contributed by atoms with E-state index in [1.807, 2.05) is 46.1 Å². The Kier molecular flexibility index (Phi) is 7.49. The first-order chi connectivity index (χ1) is 18.3. The lowest BCUT2D eigenvalue weighted by atomic mass is 9.90. The zero-order chi connectivity index (χ0) is 26.8. The van der Waals surface area contributed by atoms with Crippen molar-refractivity contribution in [3.63, 3.8) is 0 Å². The van der Waals surface area contributed by atoms with Crippen molar-refractivity contribution >= 4 is 17.5 Å². The molecule has 0 atom stereocenters. The van der Waals surface area contributed by atoms with E-state index in [1.54, 1.807) is 32.0 Å². The molecule has 1 fully saturated rings. The molecule has 200 valence electrons. The normalized spacial score (nSPS) is 16.1. The summed E-state index contributed by atoms with van der Waals surface area (Å²) in [6, 6.07) is 11.5. The Bertz CT molecular complexity index is 1330. The molecule has 7 nitrogen and oxygen atoms in total. The number of amides is 2. The molecular weight excluding hydrogens is 483 g/mol. The Morgan fingerprint density at radius 3 is 2.50 bits per heavy atom. The highest BCUT2D eigenvalue weighted by molar-refractivity contribution is 5.96. The Balaban J connectivity index is 1.42. The van der Waals surface area contributed by atoms with E-state index in [9.17, 15) is 9.59 Å². The van der Waals surface area contributed by atoms with Crippen molar-refractivity contribution in [3.05, 3.63) is 65.2 Å². The van der Waals surface area contributed by atoms with Crippen LogP contribution in [0.4, 0.5) is 10.1 Å². The largest absolute Gasteiger partial charge is 0.497 e. The number of carbonyl (C=O) groups excluding carboxylic acids is 2. The van der Waals surface area contributed by atoms with Gasteiger partial charge < -0.3 is 14.5 Å². The van der Waals surface area contributed by atoms with E-state index in [-0.39, 0.29) is 17.6 Å². The lowest BCUT2D eigenvalue weighted by Gasteiger charge is -2.31. The number of piperidine rings is 1.